The van der Waals surface area contributed by atoms with Gasteiger partial charge in [-0.3, -0.25) is 0 Å². The Balaban J connectivity index is 2.59. The van der Waals surface area contributed by atoms with Crippen LogP contribution < -0.4 is 5.32 Å². The van der Waals surface area contributed by atoms with Gasteiger partial charge in [0, 0.05) is 32.2 Å². The van der Waals surface area contributed by atoms with E-state index in [9.17, 15) is 13.9 Å². The van der Waals surface area contributed by atoms with E-state index in [1.165, 1.54) is 18.2 Å². The SMILES string of the molecule is COCCNCC(C)(O)Cc1c(F)cccc1F. The van der Waals surface area contributed by atoms with Crippen LogP contribution in [0.2, 0.25) is 0 Å². The predicted octanol–water partition coefficient (Wildman–Crippen LogP) is 1.49. The topological polar surface area (TPSA) is 41.5 Å². The van der Waals surface area contributed by atoms with Crippen LogP contribution in [0.1, 0.15) is 12.5 Å². The Morgan fingerprint density at radius 1 is 1.33 bits per heavy atom. The Labute approximate surface area is 106 Å². The molecule has 1 rings (SSSR count). The van der Waals surface area contributed by atoms with Crippen LogP contribution in [-0.2, 0) is 11.2 Å². The van der Waals surface area contributed by atoms with Crippen molar-refractivity contribution in [1.29, 1.82) is 0 Å². The molecule has 1 atom stereocenters. The van der Waals surface area contributed by atoms with E-state index >= 15 is 0 Å². The molecule has 0 spiro atoms. The van der Waals surface area contributed by atoms with Gasteiger partial charge in [-0.15, -0.1) is 0 Å². The summed E-state index contributed by atoms with van der Waals surface area (Å²) in [5.74, 6) is -1.26. The third kappa shape index (κ3) is 4.68. The lowest BCUT2D eigenvalue weighted by Gasteiger charge is -2.24. The molecule has 0 aliphatic rings. The highest BCUT2D eigenvalue weighted by Gasteiger charge is 2.24. The maximum absolute atomic E-state index is 13.4. The molecule has 102 valence electrons. The van der Waals surface area contributed by atoms with E-state index in [0.717, 1.165) is 0 Å². The molecule has 0 saturated heterocycles. The van der Waals surface area contributed by atoms with Crippen molar-refractivity contribution in [3.8, 4) is 0 Å². The number of hydrogen-bond acceptors (Lipinski definition) is 3. The summed E-state index contributed by atoms with van der Waals surface area (Å²) in [5.41, 5.74) is -1.30. The maximum Gasteiger partial charge on any atom is 0.129 e. The minimum atomic E-state index is -1.21. The van der Waals surface area contributed by atoms with Gasteiger partial charge in [0.25, 0.3) is 0 Å². The van der Waals surface area contributed by atoms with Crippen molar-refractivity contribution in [2.24, 2.45) is 0 Å². The van der Waals surface area contributed by atoms with Gasteiger partial charge >= 0.3 is 0 Å². The van der Waals surface area contributed by atoms with Gasteiger partial charge in [0.1, 0.15) is 11.6 Å². The molecule has 0 bridgehead atoms. The van der Waals surface area contributed by atoms with Gasteiger partial charge in [0.15, 0.2) is 0 Å². The first-order valence-electron chi connectivity index (χ1n) is 5.81. The Hall–Kier alpha value is -1.04. The average molecular weight is 259 g/mol. The van der Waals surface area contributed by atoms with Gasteiger partial charge < -0.3 is 15.2 Å². The number of nitrogens with one attached hydrogen (secondary N) is 1. The molecule has 0 radical (unpaired) electrons. The van der Waals surface area contributed by atoms with Gasteiger partial charge in [-0.05, 0) is 19.1 Å². The fourth-order valence-corrected chi connectivity index (χ4v) is 1.68. The van der Waals surface area contributed by atoms with Crippen LogP contribution in [-0.4, -0.2) is 37.5 Å². The predicted molar refractivity (Wildman–Crippen MR) is 65.4 cm³/mol. The quantitative estimate of drug-likeness (QED) is 0.729. The van der Waals surface area contributed by atoms with E-state index in [0.29, 0.717) is 13.2 Å². The lowest BCUT2D eigenvalue weighted by atomic mass is 9.95. The Morgan fingerprint density at radius 3 is 2.50 bits per heavy atom. The van der Waals surface area contributed by atoms with E-state index in [1.807, 2.05) is 0 Å². The lowest BCUT2D eigenvalue weighted by Crippen LogP contribution is -2.41. The van der Waals surface area contributed by atoms with Crippen molar-refractivity contribution in [2.75, 3.05) is 26.8 Å². The second kappa shape index (κ2) is 6.78. The maximum atomic E-state index is 13.4. The van der Waals surface area contributed by atoms with Crippen molar-refractivity contribution >= 4 is 0 Å². The second-order valence-electron chi connectivity index (χ2n) is 4.54. The molecule has 0 heterocycles. The molecule has 3 nitrogen and oxygen atoms in total. The molecule has 0 amide bonds. The number of benzene rings is 1. The summed E-state index contributed by atoms with van der Waals surface area (Å²) in [4.78, 5) is 0. The monoisotopic (exact) mass is 259 g/mol. The number of halogens is 2. The highest BCUT2D eigenvalue weighted by Crippen LogP contribution is 2.18. The fraction of sp³-hybridized carbons (Fsp3) is 0.538. The number of rotatable bonds is 7. The number of aliphatic hydroxyl groups is 1. The van der Waals surface area contributed by atoms with Crippen LogP contribution in [0.3, 0.4) is 0 Å². The van der Waals surface area contributed by atoms with Gasteiger partial charge in [-0.1, -0.05) is 6.07 Å². The summed E-state index contributed by atoms with van der Waals surface area (Å²) >= 11 is 0. The van der Waals surface area contributed by atoms with Crippen LogP contribution in [0.4, 0.5) is 8.78 Å². The van der Waals surface area contributed by atoms with E-state index in [2.05, 4.69) is 5.32 Å². The van der Waals surface area contributed by atoms with Crippen molar-refractivity contribution in [3.05, 3.63) is 35.4 Å². The Bertz CT molecular complexity index is 363. The van der Waals surface area contributed by atoms with Crippen molar-refractivity contribution < 1.29 is 18.6 Å². The molecule has 0 aliphatic heterocycles. The first-order valence-corrected chi connectivity index (χ1v) is 5.81. The summed E-state index contributed by atoms with van der Waals surface area (Å²) in [6.45, 7) is 2.87. The van der Waals surface area contributed by atoms with Crippen molar-refractivity contribution in [1.82, 2.24) is 5.32 Å². The Morgan fingerprint density at radius 2 is 1.94 bits per heavy atom. The minimum Gasteiger partial charge on any atom is -0.389 e. The standard InChI is InChI=1S/C13H19F2NO2/c1-13(17,9-16-6-7-18-2)8-10-11(14)4-3-5-12(10)15/h3-5,16-17H,6-9H2,1-2H3. The van der Waals surface area contributed by atoms with E-state index in [-0.39, 0.29) is 18.5 Å². The molecule has 1 aromatic carbocycles. The van der Waals surface area contributed by atoms with E-state index in [4.69, 9.17) is 4.74 Å². The van der Waals surface area contributed by atoms with E-state index < -0.39 is 17.2 Å². The molecule has 2 N–H and O–H groups in total. The molecule has 18 heavy (non-hydrogen) atoms. The van der Waals surface area contributed by atoms with Gasteiger partial charge in [-0.25, -0.2) is 8.78 Å². The number of hydrogen-bond donors (Lipinski definition) is 2. The van der Waals surface area contributed by atoms with Crippen LogP contribution in [0, 0.1) is 11.6 Å². The average Bonchev–Trinajstić information content (AvgIpc) is 2.30. The second-order valence-corrected chi connectivity index (χ2v) is 4.54. The zero-order chi connectivity index (χ0) is 13.6. The molecular weight excluding hydrogens is 240 g/mol. The van der Waals surface area contributed by atoms with Crippen LogP contribution in [0.15, 0.2) is 18.2 Å². The van der Waals surface area contributed by atoms with Crippen LogP contribution in [0.25, 0.3) is 0 Å². The Kier molecular flexibility index (Phi) is 5.65. The smallest absolute Gasteiger partial charge is 0.129 e. The molecule has 1 aromatic rings. The lowest BCUT2D eigenvalue weighted by molar-refractivity contribution is 0.0563. The van der Waals surface area contributed by atoms with Crippen LogP contribution >= 0.6 is 0 Å². The fourth-order valence-electron chi connectivity index (χ4n) is 1.68. The first-order chi connectivity index (χ1) is 8.46. The number of methoxy groups -OCH3 is 1. The third-order valence-electron chi connectivity index (χ3n) is 2.61. The highest BCUT2D eigenvalue weighted by atomic mass is 19.1. The molecule has 0 aromatic heterocycles. The van der Waals surface area contributed by atoms with E-state index in [1.54, 1.807) is 14.0 Å². The zero-order valence-corrected chi connectivity index (χ0v) is 10.7. The summed E-state index contributed by atoms with van der Waals surface area (Å²) in [7, 11) is 1.58. The van der Waals surface area contributed by atoms with Gasteiger partial charge in [0.2, 0.25) is 0 Å². The molecular formula is C13H19F2NO2. The molecule has 0 aliphatic carbocycles. The molecule has 1 unspecified atom stereocenters. The molecule has 5 heteroatoms. The summed E-state index contributed by atoms with van der Waals surface area (Å²) < 4.78 is 31.7. The van der Waals surface area contributed by atoms with Crippen molar-refractivity contribution in [3.63, 3.8) is 0 Å². The van der Waals surface area contributed by atoms with Crippen LogP contribution in [0.5, 0.6) is 0 Å². The zero-order valence-electron chi connectivity index (χ0n) is 10.7. The van der Waals surface area contributed by atoms with Gasteiger partial charge in [-0.2, -0.15) is 0 Å². The third-order valence-corrected chi connectivity index (χ3v) is 2.61. The summed E-state index contributed by atoms with van der Waals surface area (Å²) in [6.07, 6.45) is -0.0779. The summed E-state index contributed by atoms with van der Waals surface area (Å²) in [6, 6.07) is 3.68. The first kappa shape index (κ1) is 15.0. The van der Waals surface area contributed by atoms with Gasteiger partial charge in [0.05, 0.1) is 12.2 Å². The normalized spacial score (nSPS) is 14.5. The molecule has 0 saturated carbocycles. The minimum absolute atomic E-state index is 0.0779. The molecule has 0 fully saturated rings. The largest absolute Gasteiger partial charge is 0.389 e. The van der Waals surface area contributed by atoms with Crippen molar-refractivity contribution in [2.45, 2.75) is 18.9 Å². The summed E-state index contributed by atoms with van der Waals surface area (Å²) in [5, 5.41) is 13.0. The highest BCUT2D eigenvalue weighted by molar-refractivity contribution is 5.21. The number of ether oxygens (including phenoxy) is 1.